The highest BCUT2D eigenvalue weighted by molar-refractivity contribution is 6.04. The molecule has 3 N–H and O–H groups in total. The first kappa shape index (κ1) is 30.0. The number of amides is 3. The minimum atomic E-state index is -0.767. The first-order valence-electron chi connectivity index (χ1n) is 15.5. The number of ether oxygens (including phenoxy) is 1. The molecule has 1 unspecified atom stereocenters. The number of hydrogen-bond acceptors (Lipinski definition) is 7. The smallest absolute Gasteiger partial charge is 0.329 e. The highest BCUT2D eigenvalue weighted by Crippen LogP contribution is 2.32. The Morgan fingerprint density at radius 1 is 1.06 bits per heavy atom. The molecule has 5 heterocycles. The number of H-pyrrole nitrogens is 1. The Bertz CT molecular complexity index is 2170. The lowest BCUT2D eigenvalue weighted by atomic mass is 10.1. The summed E-state index contributed by atoms with van der Waals surface area (Å²) in [6, 6.07) is 15.7. The van der Waals surface area contributed by atoms with Crippen LogP contribution in [0.2, 0.25) is 0 Å². The van der Waals surface area contributed by atoms with Gasteiger partial charge in [0.05, 0.1) is 22.1 Å². The number of rotatable bonds is 6. The summed E-state index contributed by atoms with van der Waals surface area (Å²) >= 11 is 0. The minimum Gasteiger partial charge on any atom is -0.481 e. The third-order valence-electron chi connectivity index (χ3n) is 8.92. The molecule has 0 saturated carbocycles. The van der Waals surface area contributed by atoms with E-state index in [1.807, 2.05) is 6.07 Å². The maximum Gasteiger partial charge on any atom is 0.329 e. The van der Waals surface area contributed by atoms with Crippen LogP contribution in [0.4, 0.5) is 5.82 Å². The molecule has 2 fully saturated rings. The number of imidazole rings is 1. The topological polar surface area (TPSA) is 143 Å². The number of imide groups is 1. The van der Waals surface area contributed by atoms with E-state index in [0.717, 1.165) is 29.6 Å². The molecule has 2 aliphatic heterocycles. The first-order chi connectivity index (χ1) is 22.8. The molecule has 2 atom stereocenters. The molecule has 238 valence electrons. The summed E-state index contributed by atoms with van der Waals surface area (Å²) in [6.45, 7) is 1.16. The highest BCUT2D eigenvalue weighted by atomic mass is 16.5. The summed E-state index contributed by atoms with van der Waals surface area (Å²) in [5.74, 6) is 5.95. The number of benzene rings is 2. The maximum absolute atomic E-state index is 13.1. The molecule has 47 heavy (non-hydrogen) atoms. The van der Waals surface area contributed by atoms with Crippen molar-refractivity contribution in [2.24, 2.45) is 7.05 Å². The lowest BCUT2D eigenvalue weighted by molar-refractivity contribution is -0.135. The number of pyridine rings is 1. The molecular formula is C35H33N7O5. The van der Waals surface area contributed by atoms with Crippen LogP contribution < -0.4 is 21.1 Å². The second kappa shape index (κ2) is 12.3. The Morgan fingerprint density at radius 2 is 1.89 bits per heavy atom. The van der Waals surface area contributed by atoms with Crippen molar-refractivity contribution in [3.05, 3.63) is 88.1 Å². The Labute approximate surface area is 269 Å². The molecule has 12 nitrogen and oxygen atoms in total. The molecule has 2 saturated heterocycles. The molecule has 3 amide bonds. The average Bonchev–Trinajstić information content (AvgIpc) is 3.75. The average molecular weight is 632 g/mol. The summed E-state index contributed by atoms with van der Waals surface area (Å²) in [5.41, 5.74) is 3.97. The van der Waals surface area contributed by atoms with Crippen LogP contribution in [0.3, 0.4) is 0 Å². The fourth-order valence-electron chi connectivity index (χ4n) is 6.51. The van der Waals surface area contributed by atoms with Gasteiger partial charge in [0, 0.05) is 48.4 Å². The number of carbonyl (C=O) groups is 3. The highest BCUT2D eigenvalue weighted by Gasteiger charge is 2.31. The van der Waals surface area contributed by atoms with Crippen LogP contribution in [0.25, 0.3) is 21.9 Å². The number of carbonyl (C=O) groups excluding carboxylic acids is 3. The second-order valence-corrected chi connectivity index (χ2v) is 11.9. The number of anilines is 1. The van der Waals surface area contributed by atoms with Gasteiger partial charge in [0.2, 0.25) is 11.8 Å². The lowest BCUT2D eigenvalue weighted by Gasteiger charge is -2.21. The van der Waals surface area contributed by atoms with Gasteiger partial charge in [-0.2, -0.15) is 0 Å². The van der Waals surface area contributed by atoms with Crippen molar-refractivity contribution in [3.8, 4) is 17.6 Å². The SMILES string of the molecule is CN1CCC[C@@H]1c1cc2cnc(NC(=O)c3ccc(OCC#Cc4cccc5c4n(C)c(=O)n5C4CCC(=O)NC4=O)cc3)cc2[nH]1. The van der Waals surface area contributed by atoms with E-state index in [9.17, 15) is 19.2 Å². The lowest BCUT2D eigenvalue weighted by Crippen LogP contribution is -2.44. The van der Waals surface area contributed by atoms with Gasteiger partial charge in [-0.15, -0.1) is 0 Å². The van der Waals surface area contributed by atoms with Crippen molar-refractivity contribution >= 4 is 45.5 Å². The number of hydrogen-bond donors (Lipinski definition) is 3. The van der Waals surface area contributed by atoms with Crippen LogP contribution in [-0.4, -0.2) is 61.9 Å². The number of nitrogens with zero attached hydrogens (tertiary/aromatic N) is 4. The van der Waals surface area contributed by atoms with Crippen molar-refractivity contribution in [1.29, 1.82) is 0 Å². The summed E-state index contributed by atoms with van der Waals surface area (Å²) in [4.78, 5) is 60.4. The van der Waals surface area contributed by atoms with Gasteiger partial charge in [-0.1, -0.05) is 17.9 Å². The number of aromatic amines is 1. The molecule has 12 heteroatoms. The summed E-state index contributed by atoms with van der Waals surface area (Å²) < 4.78 is 8.68. The molecule has 0 bridgehead atoms. The van der Waals surface area contributed by atoms with Crippen LogP contribution in [-0.2, 0) is 16.6 Å². The van der Waals surface area contributed by atoms with Crippen molar-refractivity contribution in [1.82, 2.24) is 29.3 Å². The van der Waals surface area contributed by atoms with Gasteiger partial charge < -0.3 is 15.0 Å². The van der Waals surface area contributed by atoms with Crippen LogP contribution in [0, 0.1) is 11.8 Å². The van der Waals surface area contributed by atoms with Gasteiger partial charge in [0.1, 0.15) is 24.2 Å². The van der Waals surface area contributed by atoms with Gasteiger partial charge in [-0.3, -0.25) is 33.7 Å². The van der Waals surface area contributed by atoms with Gasteiger partial charge >= 0.3 is 5.69 Å². The fraction of sp³-hybridized carbons (Fsp3) is 0.286. The second-order valence-electron chi connectivity index (χ2n) is 11.9. The van der Waals surface area contributed by atoms with Crippen molar-refractivity contribution in [3.63, 3.8) is 0 Å². The van der Waals surface area contributed by atoms with E-state index in [-0.39, 0.29) is 37.0 Å². The number of likely N-dealkylation sites (tertiary alicyclic amines) is 1. The third-order valence-corrected chi connectivity index (χ3v) is 8.92. The standard InChI is InChI=1S/C35H33N7O5/c1-40-16-4-9-27(40)26-18-23-20-36-30(19-25(23)37-26)38-33(44)22-10-12-24(13-11-22)47-17-5-7-21-6-3-8-28-32(21)41(2)35(46)42(28)29-14-15-31(43)39-34(29)45/h3,6,8,10-13,18-20,27,29,37H,4,9,14-17H2,1-2H3,(H,36,38,44)(H,39,43,45)/t27-,29?/m1/s1. The molecule has 2 aliphatic rings. The molecule has 7 rings (SSSR count). The van der Waals surface area contributed by atoms with Crippen molar-refractivity contribution in [2.75, 3.05) is 25.5 Å². The quantitative estimate of drug-likeness (QED) is 0.192. The molecule has 5 aromatic rings. The molecular weight excluding hydrogens is 598 g/mol. The van der Waals surface area contributed by atoms with E-state index in [1.54, 1.807) is 55.7 Å². The number of nitrogens with one attached hydrogen (secondary N) is 3. The molecule has 3 aromatic heterocycles. The Kier molecular flexibility index (Phi) is 7.83. The van der Waals surface area contributed by atoms with Crippen molar-refractivity contribution in [2.45, 2.75) is 37.8 Å². The van der Waals surface area contributed by atoms with E-state index >= 15 is 0 Å². The number of aromatic nitrogens is 4. The molecule has 2 aromatic carbocycles. The summed E-state index contributed by atoms with van der Waals surface area (Å²) in [5, 5.41) is 6.20. The van der Waals surface area contributed by atoms with Crippen LogP contribution in [0.1, 0.15) is 59.4 Å². The summed E-state index contributed by atoms with van der Waals surface area (Å²) in [6.07, 6.45) is 4.49. The largest absolute Gasteiger partial charge is 0.481 e. The monoisotopic (exact) mass is 631 g/mol. The normalized spacial score (nSPS) is 18.3. The van der Waals surface area contributed by atoms with E-state index in [2.05, 4.69) is 50.5 Å². The van der Waals surface area contributed by atoms with Crippen LogP contribution in [0.5, 0.6) is 5.75 Å². The Hall–Kier alpha value is -5.67. The van der Waals surface area contributed by atoms with E-state index in [4.69, 9.17) is 4.74 Å². The number of fused-ring (bicyclic) bond motifs is 2. The zero-order valence-electron chi connectivity index (χ0n) is 26.0. The minimum absolute atomic E-state index is 0.0719. The van der Waals surface area contributed by atoms with Gasteiger partial charge in [-0.05, 0) is 75.3 Å². The Balaban J connectivity index is 0.995. The molecule has 0 spiro atoms. The zero-order valence-corrected chi connectivity index (χ0v) is 26.0. The molecule has 0 radical (unpaired) electrons. The predicted molar refractivity (Wildman–Crippen MR) is 176 cm³/mol. The van der Waals surface area contributed by atoms with E-state index < -0.39 is 11.9 Å². The molecule has 0 aliphatic carbocycles. The van der Waals surface area contributed by atoms with Crippen molar-refractivity contribution < 1.29 is 19.1 Å². The van der Waals surface area contributed by atoms with Gasteiger partial charge in [-0.25, -0.2) is 9.78 Å². The van der Waals surface area contributed by atoms with Crippen LogP contribution in [0.15, 0.2) is 65.6 Å². The summed E-state index contributed by atoms with van der Waals surface area (Å²) in [7, 11) is 3.77. The zero-order chi connectivity index (χ0) is 32.7. The fourth-order valence-corrected chi connectivity index (χ4v) is 6.51. The number of aryl methyl sites for hydroxylation is 1. The van der Waals surface area contributed by atoms with Gasteiger partial charge in [0.25, 0.3) is 5.91 Å². The van der Waals surface area contributed by atoms with Gasteiger partial charge in [0.15, 0.2) is 0 Å². The number of para-hydroxylation sites is 1. The predicted octanol–water partition coefficient (Wildman–Crippen LogP) is 3.64. The maximum atomic E-state index is 13.1. The number of piperidine rings is 1. The van der Waals surface area contributed by atoms with E-state index in [0.29, 0.717) is 39.8 Å². The van der Waals surface area contributed by atoms with Crippen LogP contribution >= 0.6 is 0 Å². The Morgan fingerprint density at radius 3 is 2.66 bits per heavy atom. The van der Waals surface area contributed by atoms with E-state index in [1.165, 1.54) is 15.6 Å². The first-order valence-corrected chi connectivity index (χ1v) is 15.5. The third kappa shape index (κ3) is 5.77.